The lowest BCUT2D eigenvalue weighted by Gasteiger charge is -2.34. The molecule has 9 heteroatoms. The molecule has 4 aromatic rings. The summed E-state index contributed by atoms with van der Waals surface area (Å²) in [6.07, 6.45) is 0. The third-order valence-electron chi connectivity index (χ3n) is 5.91. The highest BCUT2D eigenvalue weighted by molar-refractivity contribution is 7.19. The Morgan fingerprint density at radius 2 is 1.76 bits per heavy atom. The van der Waals surface area contributed by atoms with Crippen LogP contribution in [0.4, 0.5) is 10.5 Å². The number of anilines is 1. The monoisotopic (exact) mass is 474 g/mol. The standard InChI is InChI=1S/C25H26N6O2S/c1-17-6-8-20(9-7-17)26-24(33)30-12-10-29(11-13-30)16-21-15-22(32)31-25(27-21)34-23(28-31)19-5-3-4-18(2)14-19/h3-9,14-15H,10-13,16H2,1-2H3,(H,26,33). The molecule has 0 bridgehead atoms. The number of aromatic nitrogens is 3. The number of hydrogen-bond donors (Lipinski definition) is 1. The Balaban J connectivity index is 1.23. The second-order valence-corrected chi connectivity index (χ2v) is 9.57. The van der Waals surface area contributed by atoms with Gasteiger partial charge in [-0.25, -0.2) is 9.78 Å². The molecule has 34 heavy (non-hydrogen) atoms. The van der Waals surface area contributed by atoms with E-state index in [-0.39, 0.29) is 11.6 Å². The number of carbonyl (C=O) groups excluding carboxylic acids is 1. The summed E-state index contributed by atoms with van der Waals surface area (Å²) in [6, 6.07) is 17.3. The molecule has 0 unspecified atom stereocenters. The molecule has 3 heterocycles. The van der Waals surface area contributed by atoms with Gasteiger partial charge in [0, 0.05) is 50.0 Å². The SMILES string of the molecule is Cc1ccc(NC(=O)N2CCN(Cc3cc(=O)n4nc(-c5cccc(C)c5)sc4n3)CC2)cc1. The van der Waals surface area contributed by atoms with Crippen LogP contribution in [0.15, 0.2) is 59.4 Å². The summed E-state index contributed by atoms with van der Waals surface area (Å²) in [5.74, 6) is 0. The maximum Gasteiger partial charge on any atom is 0.321 e. The zero-order valence-electron chi connectivity index (χ0n) is 19.2. The molecule has 2 amide bonds. The normalized spacial score (nSPS) is 14.5. The summed E-state index contributed by atoms with van der Waals surface area (Å²) in [4.78, 5) is 34.6. The van der Waals surface area contributed by atoms with Gasteiger partial charge < -0.3 is 10.2 Å². The van der Waals surface area contributed by atoms with Crippen molar-refractivity contribution in [2.24, 2.45) is 0 Å². The van der Waals surface area contributed by atoms with E-state index in [9.17, 15) is 9.59 Å². The summed E-state index contributed by atoms with van der Waals surface area (Å²) in [6.45, 7) is 7.30. The minimum absolute atomic E-state index is 0.0883. The van der Waals surface area contributed by atoms with Gasteiger partial charge in [0.25, 0.3) is 5.56 Å². The van der Waals surface area contributed by atoms with E-state index in [4.69, 9.17) is 4.98 Å². The predicted octanol–water partition coefficient (Wildman–Crippen LogP) is 3.78. The summed E-state index contributed by atoms with van der Waals surface area (Å²) in [5.41, 5.74) is 4.63. The van der Waals surface area contributed by atoms with Gasteiger partial charge in [-0.3, -0.25) is 9.69 Å². The summed E-state index contributed by atoms with van der Waals surface area (Å²) < 4.78 is 1.37. The molecule has 1 aliphatic heterocycles. The van der Waals surface area contributed by atoms with E-state index in [0.29, 0.717) is 24.6 Å². The van der Waals surface area contributed by atoms with Gasteiger partial charge in [-0.05, 0) is 32.0 Å². The summed E-state index contributed by atoms with van der Waals surface area (Å²) in [5, 5.41) is 8.21. The first-order chi connectivity index (χ1) is 16.4. The lowest BCUT2D eigenvalue weighted by atomic mass is 10.1. The van der Waals surface area contributed by atoms with Gasteiger partial charge in [0.2, 0.25) is 4.96 Å². The van der Waals surface area contributed by atoms with E-state index in [1.165, 1.54) is 15.9 Å². The molecule has 174 valence electrons. The Morgan fingerprint density at radius 1 is 1.00 bits per heavy atom. The Bertz CT molecular complexity index is 1390. The number of urea groups is 1. The Kier molecular flexibility index (Phi) is 6.12. The molecule has 1 aliphatic rings. The van der Waals surface area contributed by atoms with Crippen molar-refractivity contribution < 1.29 is 4.79 Å². The van der Waals surface area contributed by atoms with Crippen LogP contribution in [0, 0.1) is 13.8 Å². The van der Waals surface area contributed by atoms with Crippen molar-refractivity contribution in [2.45, 2.75) is 20.4 Å². The summed E-state index contributed by atoms with van der Waals surface area (Å²) >= 11 is 1.42. The number of nitrogens with one attached hydrogen (secondary N) is 1. The fourth-order valence-corrected chi connectivity index (χ4v) is 4.93. The molecule has 0 saturated carbocycles. The number of hydrogen-bond acceptors (Lipinski definition) is 6. The number of fused-ring (bicyclic) bond motifs is 1. The van der Waals surface area contributed by atoms with E-state index in [0.717, 1.165) is 46.2 Å². The summed E-state index contributed by atoms with van der Waals surface area (Å²) in [7, 11) is 0. The van der Waals surface area contributed by atoms with Crippen LogP contribution in [0.1, 0.15) is 16.8 Å². The van der Waals surface area contributed by atoms with Gasteiger partial charge >= 0.3 is 6.03 Å². The highest BCUT2D eigenvalue weighted by Gasteiger charge is 2.22. The Labute approximate surface area is 201 Å². The van der Waals surface area contributed by atoms with Crippen LogP contribution in [0.25, 0.3) is 15.5 Å². The lowest BCUT2D eigenvalue weighted by molar-refractivity contribution is 0.142. The van der Waals surface area contributed by atoms with Crippen molar-refractivity contribution >= 4 is 28.0 Å². The third-order valence-corrected chi connectivity index (χ3v) is 6.87. The van der Waals surface area contributed by atoms with Gasteiger partial charge in [-0.2, -0.15) is 9.61 Å². The topological polar surface area (TPSA) is 82.8 Å². The van der Waals surface area contributed by atoms with Crippen LogP contribution >= 0.6 is 11.3 Å². The maximum atomic E-state index is 12.7. The van der Waals surface area contributed by atoms with Gasteiger partial charge in [-0.15, -0.1) is 0 Å². The van der Waals surface area contributed by atoms with Crippen molar-refractivity contribution in [3.8, 4) is 10.6 Å². The van der Waals surface area contributed by atoms with Crippen LogP contribution in [0.3, 0.4) is 0 Å². The van der Waals surface area contributed by atoms with Crippen LogP contribution in [0.5, 0.6) is 0 Å². The molecule has 0 radical (unpaired) electrons. The fourth-order valence-electron chi connectivity index (χ4n) is 4.01. The highest BCUT2D eigenvalue weighted by Crippen LogP contribution is 2.25. The van der Waals surface area contributed by atoms with Crippen LogP contribution in [-0.4, -0.2) is 56.6 Å². The lowest BCUT2D eigenvalue weighted by Crippen LogP contribution is -2.49. The van der Waals surface area contributed by atoms with Crippen molar-refractivity contribution in [2.75, 3.05) is 31.5 Å². The van der Waals surface area contributed by atoms with Crippen molar-refractivity contribution in [3.05, 3.63) is 81.8 Å². The zero-order chi connectivity index (χ0) is 23.7. The van der Waals surface area contributed by atoms with Crippen molar-refractivity contribution in [1.82, 2.24) is 24.4 Å². The number of amides is 2. The smallest absolute Gasteiger partial charge is 0.321 e. The van der Waals surface area contributed by atoms with E-state index >= 15 is 0 Å². The maximum absolute atomic E-state index is 12.7. The van der Waals surface area contributed by atoms with Crippen LogP contribution in [0.2, 0.25) is 0 Å². The molecule has 1 N–H and O–H groups in total. The first-order valence-electron chi connectivity index (χ1n) is 11.3. The van der Waals surface area contributed by atoms with E-state index < -0.39 is 0 Å². The van der Waals surface area contributed by atoms with E-state index in [2.05, 4.69) is 21.4 Å². The number of piperazine rings is 1. The second kappa shape index (κ2) is 9.36. The minimum atomic E-state index is -0.175. The van der Waals surface area contributed by atoms with Gasteiger partial charge in [0.05, 0.1) is 5.69 Å². The first kappa shape index (κ1) is 22.2. The quantitative estimate of drug-likeness (QED) is 0.487. The third kappa shape index (κ3) is 4.85. The molecule has 2 aromatic heterocycles. The van der Waals surface area contributed by atoms with Gasteiger partial charge in [-0.1, -0.05) is 52.8 Å². The average Bonchev–Trinajstić information content (AvgIpc) is 3.26. The van der Waals surface area contributed by atoms with Crippen LogP contribution in [-0.2, 0) is 6.54 Å². The highest BCUT2D eigenvalue weighted by atomic mass is 32.1. The number of nitrogens with zero attached hydrogens (tertiary/aromatic N) is 5. The molecule has 0 spiro atoms. The Hall–Kier alpha value is -3.56. The predicted molar refractivity (Wildman–Crippen MR) is 134 cm³/mol. The van der Waals surface area contributed by atoms with Gasteiger partial charge in [0.15, 0.2) is 0 Å². The molecule has 2 aromatic carbocycles. The van der Waals surface area contributed by atoms with E-state index in [1.54, 1.807) is 6.07 Å². The molecular formula is C25H26N6O2S. The Morgan fingerprint density at radius 3 is 2.50 bits per heavy atom. The van der Waals surface area contributed by atoms with Crippen molar-refractivity contribution in [1.29, 1.82) is 0 Å². The molecule has 0 atom stereocenters. The molecule has 5 rings (SSSR count). The van der Waals surface area contributed by atoms with E-state index in [1.807, 2.05) is 61.2 Å². The second-order valence-electron chi connectivity index (χ2n) is 8.62. The first-order valence-corrected chi connectivity index (χ1v) is 12.1. The zero-order valence-corrected chi connectivity index (χ0v) is 20.0. The molecule has 1 saturated heterocycles. The van der Waals surface area contributed by atoms with Crippen LogP contribution < -0.4 is 10.9 Å². The molecular weight excluding hydrogens is 448 g/mol. The molecule has 8 nitrogen and oxygen atoms in total. The minimum Gasteiger partial charge on any atom is -0.322 e. The number of aryl methyl sites for hydroxylation is 2. The molecule has 0 aliphatic carbocycles. The number of rotatable bonds is 4. The number of carbonyl (C=O) groups is 1. The molecule has 1 fully saturated rings. The largest absolute Gasteiger partial charge is 0.322 e. The number of benzene rings is 2. The van der Waals surface area contributed by atoms with Gasteiger partial charge in [0.1, 0.15) is 5.01 Å². The fraction of sp³-hybridized carbons (Fsp3) is 0.280. The van der Waals surface area contributed by atoms with Crippen molar-refractivity contribution in [3.63, 3.8) is 0 Å². The average molecular weight is 475 g/mol.